The van der Waals surface area contributed by atoms with Gasteiger partial charge in [-0.2, -0.15) is 0 Å². The van der Waals surface area contributed by atoms with Crippen molar-refractivity contribution in [3.63, 3.8) is 0 Å². The van der Waals surface area contributed by atoms with E-state index in [1.807, 2.05) is 0 Å². The van der Waals surface area contributed by atoms with Crippen LogP contribution in [0.4, 0.5) is 0 Å². The van der Waals surface area contributed by atoms with Crippen molar-refractivity contribution in [1.29, 1.82) is 0 Å². The van der Waals surface area contributed by atoms with Crippen LogP contribution in [0.1, 0.15) is 65.2 Å². The first-order chi connectivity index (χ1) is 10.2. The summed E-state index contributed by atoms with van der Waals surface area (Å²) in [5, 5.41) is 3.70. The summed E-state index contributed by atoms with van der Waals surface area (Å²) < 4.78 is 6.55. The molecule has 3 fully saturated rings. The van der Waals surface area contributed by atoms with Crippen LogP contribution < -0.4 is 5.32 Å². The van der Waals surface area contributed by atoms with E-state index in [2.05, 4.69) is 24.1 Å². The second kappa shape index (κ2) is 6.97. The van der Waals surface area contributed by atoms with Crippen LogP contribution in [0.15, 0.2) is 0 Å². The van der Waals surface area contributed by atoms with Crippen LogP contribution >= 0.6 is 0 Å². The second-order valence-corrected chi connectivity index (χ2v) is 7.73. The molecule has 3 nitrogen and oxygen atoms in total. The maximum absolute atomic E-state index is 6.55. The first-order valence-corrected chi connectivity index (χ1v) is 9.34. The molecule has 1 spiro atoms. The molecule has 0 aromatic rings. The second-order valence-electron chi connectivity index (χ2n) is 7.73. The maximum atomic E-state index is 6.55. The Kier molecular flexibility index (Phi) is 5.23. The van der Waals surface area contributed by atoms with Crippen LogP contribution in [0.25, 0.3) is 0 Å². The van der Waals surface area contributed by atoms with Crippen molar-refractivity contribution in [2.24, 2.45) is 5.92 Å². The van der Waals surface area contributed by atoms with E-state index in [0.29, 0.717) is 12.1 Å². The molecule has 3 heteroatoms. The van der Waals surface area contributed by atoms with Gasteiger partial charge in [0.25, 0.3) is 0 Å². The fourth-order valence-corrected chi connectivity index (χ4v) is 4.55. The van der Waals surface area contributed by atoms with Gasteiger partial charge in [-0.05, 0) is 31.6 Å². The Balaban J connectivity index is 1.48. The van der Waals surface area contributed by atoms with Gasteiger partial charge in [0.2, 0.25) is 0 Å². The van der Waals surface area contributed by atoms with E-state index < -0.39 is 0 Å². The van der Waals surface area contributed by atoms with Crippen LogP contribution in [0.2, 0.25) is 0 Å². The van der Waals surface area contributed by atoms with Gasteiger partial charge in [0, 0.05) is 32.2 Å². The molecular weight excluding hydrogens is 260 g/mol. The standard InChI is InChI=1S/C18H34N2O/c1-3-15(2)17-14-20(12-11-19-17)13-16-7-10-18(21-16)8-5-4-6-9-18/h15-17,19H,3-14H2,1-2H3. The summed E-state index contributed by atoms with van der Waals surface area (Å²) in [5.41, 5.74) is 0.285. The summed E-state index contributed by atoms with van der Waals surface area (Å²) in [6, 6.07) is 0.675. The maximum Gasteiger partial charge on any atom is 0.0710 e. The summed E-state index contributed by atoms with van der Waals surface area (Å²) >= 11 is 0. The number of hydrogen-bond donors (Lipinski definition) is 1. The summed E-state index contributed by atoms with van der Waals surface area (Å²) in [7, 11) is 0. The molecule has 122 valence electrons. The van der Waals surface area contributed by atoms with Gasteiger partial charge in [-0.15, -0.1) is 0 Å². The average molecular weight is 294 g/mol. The third-order valence-corrected chi connectivity index (χ3v) is 6.19. The third-order valence-electron chi connectivity index (χ3n) is 6.19. The van der Waals surface area contributed by atoms with Gasteiger partial charge in [-0.1, -0.05) is 39.5 Å². The normalized spacial score (nSPS) is 35.1. The summed E-state index contributed by atoms with van der Waals surface area (Å²) in [6.07, 6.45) is 11.2. The molecule has 0 bridgehead atoms. The van der Waals surface area contributed by atoms with E-state index in [-0.39, 0.29) is 5.60 Å². The molecule has 0 amide bonds. The van der Waals surface area contributed by atoms with Crippen molar-refractivity contribution in [2.75, 3.05) is 26.2 Å². The Morgan fingerprint density at radius 2 is 2.05 bits per heavy atom. The zero-order chi connectivity index (χ0) is 14.7. The van der Waals surface area contributed by atoms with Crippen molar-refractivity contribution in [3.05, 3.63) is 0 Å². The lowest BCUT2D eigenvalue weighted by Crippen LogP contribution is -2.54. The van der Waals surface area contributed by atoms with E-state index in [1.54, 1.807) is 0 Å². The van der Waals surface area contributed by atoms with Crippen LogP contribution in [-0.4, -0.2) is 48.8 Å². The van der Waals surface area contributed by atoms with Gasteiger partial charge in [0.15, 0.2) is 0 Å². The summed E-state index contributed by atoms with van der Waals surface area (Å²) in [4.78, 5) is 2.65. The summed E-state index contributed by atoms with van der Waals surface area (Å²) in [6.45, 7) is 9.40. The van der Waals surface area contributed by atoms with Gasteiger partial charge >= 0.3 is 0 Å². The van der Waals surface area contributed by atoms with Crippen molar-refractivity contribution < 1.29 is 4.74 Å². The van der Waals surface area contributed by atoms with Crippen molar-refractivity contribution in [2.45, 2.75) is 83.0 Å². The predicted octanol–water partition coefficient (Wildman–Crippen LogP) is 3.19. The Bertz CT molecular complexity index is 327. The molecule has 1 aliphatic carbocycles. The largest absolute Gasteiger partial charge is 0.370 e. The van der Waals surface area contributed by atoms with Crippen LogP contribution in [0, 0.1) is 5.92 Å². The van der Waals surface area contributed by atoms with E-state index in [0.717, 1.165) is 19.0 Å². The van der Waals surface area contributed by atoms with Crippen molar-refractivity contribution in [1.82, 2.24) is 10.2 Å². The molecule has 1 N–H and O–H groups in total. The number of nitrogens with zero attached hydrogens (tertiary/aromatic N) is 1. The zero-order valence-electron chi connectivity index (χ0n) is 14.1. The Morgan fingerprint density at radius 3 is 2.81 bits per heavy atom. The lowest BCUT2D eigenvalue weighted by atomic mass is 9.83. The molecule has 21 heavy (non-hydrogen) atoms. The van der Waals surface area contributed by atoms with Gasteiger partial charge in [-0.3, -0.25) is 4.90 Å². The number of rotatable bonds is 4. The Morgan fingerprint density at radius 1 is 1.24 bits per heavy atom. The first kappa shape index (κ1) is 15.8. The molecule has 2 heterocycles. The minimum Gasteiger partial charge on any atom is -0.370 e. The number of piperazine rings is 1. The van der Waals surface area contributed by atoms with Crippen LogP contribution in [0.5, 0.6) is 0 Å². The van der Waals surface area contributed by atoms with Gasteiger partial charge in [0.05, 0.1) is 11.7 Å². The number of hydrogen-bond acceptors (Lipinski definition) is 3. The smallest absolute Gasteiger partial charge is 0.0710 e. The Labute approximate surface area is 130 Å². The molecule has 2 aliphatic heterocycles. The monoisotopic (exact) mass is 294 g/mol. The number of nitrogens with one attached hydrogen (secondary N) is 1. The SMILES string of the molecule is CCC(C)C1CN(CC2CCC3(CCCCC3)O2)CCN1. The molecule has 3 unspecified atom stereocenters. The van der Waals surface area contributed by atoms with E-state index in [9.17, 15) is 0 Å². The van der Waals surface area contributed by atoms with Crippen molar-refractivity contribution in [3.8, 4) is 0 Å². The zero-order valence-corrected chi connectivity index (χ0v) is 14.1. The number of ether oxygens (including phenoxy) is 1. The molecular formula is C18H34N2O. The third kappa shape index (κ3) is 3.80. The van der Waals surface area contributed by atoms with Gasteiger partial charge in [0.1, 0.15) is 0 Å². The summed E-state index contributed by atoms with van der Waals surface area (Å²) in [5.74, 6) is 0.780. The predicted molar refractivity (Wildman–Crippen MR) is 87.6 cm³/mol. The van der Waals surface area contributed by atoms with E-state index >= 15 is 0 Å². The van der Waals surface area contributed by atoms with Gasteiger partial charge in [-0.25, -0.2) is 0 Å². The lowest BCUT2D eigenvalue weighted by molar-refractivity contribution is -0.0737. The highest BCUT2D eigenvalue weighted by Gasteiger charge is 2.41. The van der Waals surface area contributed by atoms with Crippen LogP contribution in [-0.2, 0) is 4.74 Å². The minimum atomic E-state index is 0.285. The molecule has 3 aliphatic rings. The Hall–Kier alpha value is -0.120. The average Bonchev–Trinajstić information content (AvgIpc) is 2.89. The molecule has 0 aromatic carbocycles. The molecule has 3 atom stereocenters. The quantitative estimate of drug-likeness (QED) is 0.862. The molecule has 2 saturated heterocycles. The highest BCUT2D eigenvalue weighted by Crippen LogP contribution is 2.42. The molecule has 0 aromatic heterocycles. The lowest BCUT2D eigenvalue weighted by Gasteiger charge is -2.38. The first-order valence-electron chi connectivity index (χ1n) is 9.34. The van der Waals surface area contributed by atoms with Crippen LogP contribution in [0.3, 0.4) is 0 Å². The molecule has 3 rings (SSSR count). The fourth-order valence-electron chi connectivity index (χ4n) is 4.55. The highest BCUT2D eigenvalue weighted by molar-refractivity contribution is 4.93. The van der Waals surface area contributed by atoms with E-state index in [1.165, 1.54) is 64.5 Å². The fraction of sp³-hybridized carbons (Fsp3) is 1.00. The van der Waals surface area contributed by atoms with E-state index in [4.69, 9.17) is 4.74 Å². The minimum absolute atomic E-state index is 0.285. The molecule has 1 saturated carbocycles. The highest BCUT2D eigenvalue weighted by atomic mass is 16.5. The topological polar surface area (TPSA) is 24.5 Å². The van der Waals surface area contributed by atoms with Gasteiger partial charge < -0.3 is 10.1 Å². The molecule has 0 radical (unpaired) electrons. The van der Waals surface area contributed by atoms with Crippen molar-refractivity contribution >= 4 is 0 Å².